The highest BCUT2D eigenvalue weighted by molar-refractivity contribution is 5.94. The molecule has 0 atom stereocenters. The molecule has 23 heavy (non-hydrogen) atoms. The van der Waals surface area contributed by atoms with Crippen LogP contribution in [-0.2, 0) is 9.53 Å². The van der Waals surface area contributed by atoms with Gasteiger partial charge in [-0.15, -0.1) is 0 Å². The van der Waals surface area contributed by atoms with Crippen LogP contribution in [0, 0.1) is 11.3 Å². The first kappa shape index (κ1) is 16.0. The van der Waals surface area contributed by atoms with Crippen LogP contribution < -0.4 is 10.6 Å². The summed E-state index contributed by atoms with van der Waals surface area (Å²) >= 11 is 0. The average molecular weight is 309 g/mol. The molecular weight excluding hydrogens is 294 g/mol. The molecule has 0 saturated heterocycles. The Kier molecular flexibility index (Phi) is 5.31. The van der Waals surface area contributed by atoms with Crippen molar-refractivity contribution in [2.75, 3.05) is 24.3 Å². The van der Waals surface area contributed by atoms with Crippen molar-refractivity contribution in [2.24, 2.45) is 0 Å². The molecule has 0 bridgehead atoms. The molecule has 2 aromatic carbocycles. The number of anilines is 2. The molecule has 116 valence electrons. The molecule has 0 aliphatic rings. The van der Waals surface area contributed by atoms with E-state index in [0.29, 0.717) is 22.5 Å². The summed E-state index contributed by atoms with van der Waals surface area (Å²) in [6.45, 7) is 0.0463. The normalized spacial score (nSPS) is 9.57. The van der Waals surface area contributed by atoms with Gasteiger partial charge in [0.2, 0.25) is 5.91 Å². The van der Waals surface area contributed by atoms with Crippen molar-refractivity contribution in [3.8, 4) is 6.07 Å². The monoisotopic (exact) mass is 309 g/mol. The summed E-state index contributed by atoms with van der Waals surface area (Å²) in [6, 6.07) is 15.3. The molecule has 0 aliphatic carbocycles. The van der Waals surface area contributed by atoms with Gasteiger partial charge in [0.25, 0.3) is 0 Å². The number of ether oxygens (including phenoxy) is 1. The molecular formula is C17H15N3O3. The van der Waals surface area contributed by atoms with E-state index in [2.05, 4.69) is 15.4 Å². The minimum Gasteiger partial charge on any atom is -0.465 e. The SMILES string of the molecule is COC(=O)c1cccc(NCC(=O)Nc2ccc(C#N)cc2)c1. The number of carbonyl (C=O) groups excluding carboxylic acids is 2. The van der Waals surface area contributed by atoms with Crippen molar-refractivity contribution in [2.45, 2.75) is 0 Å². The van der Waals surface area contributed by atoms with E-state index in [1.54, 1.807) is 48.5 Å². The molecule has 6 nitrogen and oxygen atoms in total. The lowest BCUT2D eigenvalue weighted by atomic mass is 10.2. The molecule has 0 fully saturated rings. The van der Waals surface area contributed by atoms with Crippen molar-refractivity contribution in [3.63, 3.8) is 0 Å². The van der Waals surface area contributed by atoms with E-state index in [9.17, 15) is 9.59 Å². The summed E-state index contributed by atoms with van der Waals surface area (Å²) in [5.41, 5.74) is 2.19. The Morgan fingerprint density at radius 2 is 1.87 bits per heavy atom. The van der Waals surface area contributed by atoms with Gasteiger partial charge in [0.1, 0.15) is 0 Å². The molecule has 0 saturated carbocycles. The van der Waals surface area contributed by atoms with Crippen LogP contribution in [0.1, 0.15) is 15.9 Å². The number of esters is 1. The van der Waals surface area contributed by atoms with Crippen molar-refractivity contribution in [1.29, 1.82) is 5.26 Å². The topological polar surface area (TPSA) is 91.2 Å². The van der Waals surface area contributed by atoms with Gasteiger partial charge in [0.15, 0.2) is 0 Å². The Hall–Kier alpha value is -3.33. The van der Waals surface area contributed by atoms with Crippen molar-refractivity contribution in [3.05, 3.63) is 59.7 Å². The number of benzene rings is 2. The van der Waals surface area contributed by atoms with Gasteiger partial charge >= 0.3 is 5.97 Å². The first-order chi connectivity index (χ1) is 11.1. The zero-order chi connectivity index (χ0) is 16.7. The summed E-state index contributed by atoms with van der Waals surface area (Å²) in [7, 11) is 1.31. The van der Waals surface area contributed by atoms with Crippen LogP contribution in [-0.4, -0.2) is 25.5 Å². The van der Waals surface area contributed by atoms with Gasteiger partial charge in [-0.2, -0.15) is 5.26 Å². The maximum Gasteiger partial charge on any atom is 0.337 e. The van der Waals surface area contributed by atoms with Crippen molar-refractivity contribution < 1.29 is 14.3 Å². The van der Waals surface area contributed by atoms with Crippen molar-refractivity contribution in [1.82, 2.24) is 0 Å². The Morgan fingerprint density at radius 3 is 2.52 bits per heavy atom. The van der Waals surface area contributed by atoms with Gasteiger partial charge in [-0.05, 0) is 42.5 Å². The van der Waals surface area contributed by atoms with Crippen molar-refractivity contribution >= 4 is 23.3 Å². The van der Waals surface area contributed by atoms with E-state index in [4.69, 9.17) is 5.26 Å². The van der Waals surface area contributed by atoms with Gasteiger partial charge in [-0.1, -0.05) is 6.07 Å². The second-order valence-corrected chi connectivity index (χ2v) is 4.66. The number of rotatable bonds is 5. The highest BCUT2D eigenvalue weighted by Gasteiger charge is 2.07. The van der Waals surface area contributed by atoms with Crippen LogP contribution in [0.25, 0.3) is 0 Å². The average Bonchev–Trinajstić information content (AvgIpc) is 2.60. The molecule has 2 N–H and O–H groups in total. The lowest BCUT2D eigenvalue weighted by molar-refractivity contribution is -0.114. The highest BCUT2D eigenvalue weighted by Crippen LogP contribution is 2.12. The van der Waals surface area contributed by atoms with E-state index < -0.39 is 5.97 Å². The summed E-state index contributed by atoms with van der Waals surface area (Å²) < 4.78 is 4.65. The molecule has 6 heteroatoms. The van der Waals surface area contributed by atoms with E-state index in [0.717, 1.165) is 0 Å². The zero-order valence-corrected chi connectivity index (χ0v) is 12.5. The zero-order valence-electron chi connectivity index (χ0n) is 12.5. The number of nitriles is 1. The smallest absolute Gasteiger partial charge is 0.337 e. The van der Waals surface area contributed by atoms with Gasteiger partial charge in [0, 0.05) is 11.4 Å². The van der Waals surface area contributed by atoms with Crippen LogP contribution in [0.15, 0.2) is 48.5 Å². The lowest BCUT2D eigenvalue weighted by Gasteiger charge is -2.09. The van der Waals surface area contributed by atoms with Gasteiger partial charge in [-0.3, -0.25) is 4.79 Å². The van der Waals surface area contributed by atoms with Crippen LogP contribution in [0.4, 0.5) is 11.4 Å². The maximum absolute atomic E-state index is 11.9. The first-order valence-electron chi connectivity index (χ1n) is 6.84. The first-order valence-corrected chi connectivity index (χ1v) is 6.84. The molecule has 0 aliphatic heterocycles. The standard InChI is InChI=1S/C17H15N3O3/c1-23-17(22)13-3-2-4-15(9-13)19-11-16(21)20-14-7-5-12(10-18)6-8-14/h2-9,19H,11H2,1H3,(H,20,21). The quantitative estimate of drug-likeness (QED) is 0.828. The molecule has 1 amide bonds. The highest BCUT2D eigenvalue weighted by atomic mass is 16.5. The number of nitrogens with one attached hydrogen (secondary N) is 2. The van der Waals surface area contributed by atoms with E-state index >= 15 is 0 Å². The Morgan fingerprint density at radius 1 is 1.13 bits per heavy atom. The third-order valence-electron chi connectivity index (χ3n) is 3.03. The fourth-order valence-electron chi connectivity index (χ4n) is 1.89. The summed E-state index contributed by atoms with van der Waals surface area (Å²) in [5, 5.41) is 14.4. The third-order valence-corrected chi connectivity index (χ3v) is 3.03. The third kappa shape index (κ3) is 4.58. The molecule has 2 aromatic rings. The van der Waals surface area contributed by atoms with Crippen LogP contribution >= 0.6 is 0 Å². The molecule has 0 unspecified atom stereocenters. The summed E-state index contributed by atoms with van der Waals surface area (Å²) in [4.78, 5) is 23.3. The Labute approximate surface area is 133 Å². The molecule has 0 spiro atoms. The van der Waals surface area contributed by atoms with E-state index in [-0.39, 0.29) is 12.5 Å². The number of hydrogen-bond acceptors (Lipinski definition) is 5. The molecule has 0 aromatic heterocycles. The number of hydrogen-bond donors (Lipinski definition) is 2. The Balaban J connectivity index is 1.91. The molecule has 2 rings (SSSR count). The summed E-state index contributed by atoms with van der Waals surface area (Å²) in [6.07, 6.45) is 0. The van der Waals surface area contributed by atoms with Crippen LogP contribution in [0.3, 0.4) is 0 Å². The predicted octanol–water partition coefficient (Wildman–Crippen LogP) is 2.40. The van der Waals surface area contributed by atoms with E-state index in [1.807, 2.05) is 6.07 Å². The van der Waals surface area contributed by atoms with Crippen LogP contribution in [0.2, 0.25) is 0 Å². The second-order valence-electron chi connectivity index (χ2n) is 4.66. The lowest BCUT2D eigenvalue weighted by Crippen LogP contribution is -2.21. The minimum absolute atomic E-state index is 0.0463. The number of methoxy groups -OCH3 is 1. The second kappa shape index (κ2) is 7.61. The largest absolute Gasteiger partial charge is 0.465 e. The fraction of sp³-hybridized carbons (Fsp3) is 0.118. The van der Waals surface area contributed by atoms with Gasteiger partial charge < -0.3 is 15.4 Å². The van der Waals surface area contributed by atoms with Gasteiger partial charge in [-0.25, -0.2) is 4.79 Å². The minimum atomic E-state index is -0.435. The number of nitrogens with zero attached hydrogens (tertiary/aromatic N) is 1. The maximum atomic E-state index is 11.9. The molecule has 0 heterocycles. The van der Waals surface area contributed by atoms with Gasteiger partial charge in [0.05, 0.1) is 30.9 Å². The number of amides is 1. The molecule has 0 radical (unpaired) electrons. The van der Waals surface area contributed by atoms with E-state index in [1.165, 1.54) is 7.11 Å². The van der Waals surface area contributed by atoms with Crippen LogP contribution in [0.5, 0.6) is 0 Å². The summed E-state index contributed by atoms with van der Waals surface area (Å²) in [5.74, 6) is -0.672. The fourth-order valence-corrected chi connectivity index (χ4v) is 1.89. The number of carbonyl (C=O) groups is 2. The predicted molar refractivity (Wildman–Crippen MR) is 86.1 cm³/mol. The Bertz CT molecular complexity index is 748.